The topological polar surface area (TPSA) is 21.3 Å². The summed E-state index contributed by atoms with van der Waals surface area (Å²) in [6.45, 7) is 4.81. The second kappa shape index (κ2) is 8.75. The monoisotopic (exact) mass is 301 g/mol. The van der Waals surface area contributed by atoms with E-state index in [-0.39, 0.29) is 0 Å². The molecule has 2 rings (SSSR count). The summed E-state index contributed by atoms with van der Waals surface area (Å²) in [5.74, 6) is 0.959. The third-order valence-electron chi connectivity index (χ3n) is 3.33. The van der Waals surface area contributed by atoms with Gasteiger partial charge >= 0.3 is 0 Å². The van der Waals surface area contributed by atoms with E-state index in [4.69, 9.17) is 4.74 Å². The van der Waals surface area contributed by atoms with Crippen molar-refractivity contribution < 1.29 is 4.74 Å². The van der Waals surface area contributed by atoms with Crippen LogP contribution in [0.15, 0.2) is 53.4 Å². The lowest BCUT2D eigenvalue weighted by Crippen LogP contribution is -2.15. The van der Waals surface area contributed by atoms with Crippen molar-refractivity contribution in [3.05, 3.63) is 59.7 Å². The van der Waals surface area contributed by atoms with Crippen molar-refractivity contribution in [3.8, 4) is 5.75 Å². The molecule has 21 heavy (non-hydrogen) atoms. The highest BCUT2D eigenvalue weighted by Gasteiger charge is 2.02. The van der Waals surface area contributed by atoms with Gasteiger partial charge in [-0.2, -0.15) is 0 Å². The highest BCUT2D eigenvalue weighted by molar-refractivity contribution is 7.98. The fourth-order valence-electron chi connectivity index (χ4n) is 2.11. The number of likely N-dealkylation sites (N-methyl/N-ethyl adjacent to an activating group) is 1. The van der Waals surface area contributed by atoms with Crippen LogP contribution in [0.5, 0.6) is 5.75 Å². The van der Waals surface area contributed by atoms with Gasteiger partial charge in [-0.3, -0.25) is 0 Å². The summed E-state index contributed by atoms with van der Waals surface area (Å²) < 4.78 is 5.92. The van der Waals surface area contributed by atoms with Crippen molar-refractivity contribution >= 4 is 11.8 Å². The molecule has 0 heterocycles. The van der Waals surface area contributed by atoms with E-state index in [1.54, 1.807) is 11.8 Å². The minimum Gasteiger partial charge on any atom is -0.488 e. The number of rotatable bonds is 8. The zero-order valence-corrected chi connectivity index (χ0v) is 13.6. The molecule has 0 aliphatic carbocycles. The highest BCUT2D eigenvalue weighted by Crippen LogP contribution is 2.27. The van der Waals surface area contributed by atoms with Crippen molar-refractivity contribution in [2.24, 2.45) is 0 Å². The van der Waals surface area contributed by atoms with Crippen LogP contribution in [0.1, 0.15) is 18.1 Å². The van der Waals surface area contributed by atoms with Gasteiger partial charge in [0.2, 0.25) is 0 Å². The molecular formula is C18H23NOS. The summed E-state index contributed by atoms with van der Waals surface area (Å²) in [6, 6.07) is 16.9. The van der Waals surface area contributed by atoms with Crippen molar-refractivity contribution in [3.63, 3.8) is 0 Å². The van der Waals surface area contributed by atoms with Gasteiger partial charge in [0.25, 0.3) is 0 Å². The molecule has 0 saturated heterocycles. The van der Waals surface area contributed by atoms with Crippen LogP contribution in [0, 0.1) is 0 Å². The maximum Gasteiger partial charge on any atom is 0.133 e. The Labute approximate surface area is 131 Å². The molecule has 0 aliphatic rings. The number of nitrogens with one attached hydrogen (secondary N) is 1. The summed E-state index contributed by atoms with van der Waals surface area (Å²) >= 11 is 1.71. The van der Waals surface area contributed by atoms with E-state index in [2.05, 4.69) is 48.8 Å². The summed E-state index contributed by atoms with van der Waals surface area (Å²) in [5.41, 5.74) is 2.57. The first-order valence-electron chi connectivity index (χ1n) is 7.38. The Hall–Kier alpha value is -1.45. The van der Waals surface area contributed by atoms with Crippen molar-refractivity contribution in [1.82, 2.24) is 5.32 Å². The number of hydrogen-bond donors (Lipinski definition) is 1. The molecular weight excluding hydrogens is 278 g/mol. The fraction of sp³-hybridized carbons (Fsp3) is 0.333. The van der Waals surface area contributed by atoms with Gasteiger partial charge in [0.1, 0.15) is 12.4 Å². The van der Waals surface area contributed by atoms with E-state index >= 15 is 0 Å². The third-order valence-corrected chi connectivity index (χ3v) is 4.10. The third kappa shape index (κ3) is 5.10. The number of thioether (sulfide) groups is 1. The Morgan fingerprint density at radius 1 is 1.00 bits per heavy atom. The lowest BCUT2D eigenvalue weighted by Gasteiger charge is -2.10. The smallest absolute Gasteiger partial charge is 0.133 e. The predicted molar refractivity (Wildman–Crippen MR) is 91.2 cm³/mol. The van der Waals surface area contributed by atoms with E-state index in [9.17, 15) is 0 Å². The van der Waals surface area contributed by atoms with Crippen molar-refractivity contribution in [1.29, 1.82) is 0 Å². The summed E-state index contributed by atoms with van der Waals surface area (Å²) in [5, 5.41) is 3.34. The van der Waals surface area contributed by atoms with Crippen LogP contribution in [-0.4, -0.2) is 19.3 Å². The van der Waals surface area contributed by atoms with Crippen LogP contribution in [0.25, 0.3) is 0 Å². The highest BCUT2D eigenvalue weighted by atomic mass is 32.2. The molecule has 0 saturated carbocycles. The van der Waals surface area contributed by atoms with Crippen LogP contribution in [0.3, 0.4) is 0 Å². The van der Waals surface area contributed by atoms with Gasteiger partial charge in [-0.15, -0.1) is 11.8 Å². The lowest BCUT2D eigenvalue weighted by molar-refractivity contribution is 0.299. The number of hydrogen-bond acceptors (Lipinski definition) is 3. The Morgan fingerprint density at radius 2 is 1.71 bits per heavy atom. The molecule has 0 atom stereocenters. The maximum absolute atomic E-state index is 5.92. The Kier molecular flexibility index (Phi) is 6.64. The lowest BCUT2D eigenvalue weighted by atomic mass is 10.1. The molecule has 0 radical (unpaired) electrons. The number of para-hydroxylation sites is 1. The van der Waals surface area contributed by atoms with Gasteiger partial charge < -0.3 is 10.1 Å². The first kappa shape index (κ1) is 15.9. The fourth-order valence-corrected chi connectivity index (χ4v) is 2.65. The van der Waals surface area contributed by atoms with Crippen LogP contribution < -0.4 is 10.1 Å². The molecule has 0 fully saturated rings. The molecule has 112 valence electrons. The summed E-state index contributed by atoms with van der Waals surface area (Å²) in [7, 11) is 0. The predicted octanol–water partition coefficient (Wildman–Crippen LogP) is 4.14. The van der Waals surface area contributed by atoms with Gasteiger partial charge in [-0.1, -0.05) is 43.3 Å². The normalized spacial score (nSPS) is 10.6. The largest absolute Gasteiger partial charge is 0.488 e. The van der Waals surface area contributed by atoms with E-state index in [0.717, 1.165) is 25.3 Å². The Morgan fingerprint density at radius 3 is 2.43 bits per heavy atom. The second-order valence-corrected chi connectivity index (χ2v) is 5.71. The quantitative estimate of drug-likeness (QED) is 0.585. The van der Waals surface area contributed by atoms with Gasteiger partial charge in [0.15, 0.2) is 0 Å². The molecule has 0 spiro atoms. The molecule has 3 heteroatoms. The van der Waals surface area contributed by atoms with E-state index < -0.39 is 0 Å². The molecule has 0 unspecified atom stereocenters. The average Bonchev–Trinajstić information content (AvgIpc) is 2.54. The molecule has 1 N–H and O–H groups in total. The van der Waals surface area contributed by atoms with Gasteiger partial charge in [0.05, 0.1) is 0 Å². The van der Waals surface area contributed by atoms with Gasteiger partial charge in [0, 0.05) is 4.90 Å². The minimum absolute atomic E-state index is 0.616. The van der Waals surface area contributed by atoms with Crippen LogP contribution in [0.4, 0.5) is 0 Å². The molecule has 2 aromatic carbocycles. The van der Waals surface area contributed by atoms with E-state index in [1.165, 1.54) is 16.0 Å². The second-order valence-electron chi connectivity index (χ2n) is 4.86. The van der Waals surface area contributed by atoms with Crippen LogP contribution in [-0.2, 0) is 13.0 Å². The maximum atomic E-state index is 5.92. The van der Waals surface area contributed by atoms with E-state index in [0.29, 0.717) is 6.61 Å². The Balaban J connectivity index is 1.88. The van der Waals surface area contributed by atoms with Gasteiger partial charge in [-0.05, 0) is 49.0 Å². The molecule has 2 nitrogen and oxygen atoms in total. The molecule has 0 aliphatic heterocycles. The molecule has 2 aromatic rings. The van der Waals surface area contributed by atoms with Crippen LogP contribution in [0.2, 0.25) is 0 Å². The first-order chi connectivity index (χ1) is 10.3. The standard InChI is InChI=1S/C18H23NOS/c1-3-19-13-12-15-8-10-16(11-9-15)14-20-17-6-4-5-7-18(17)21-2/h4-11,19H,3,12-14H2,1-2H3. The summed E-state index contributed by atoms with van der Waals surface area (Å²) in [4.78, 5) is 1.18. The zero-order chi connectivity index (χ0) is 14.9. The average molecular weight is 301 g/mol. The zero-order valence-electron chi connectivity index (χ0n) is 12.8. The minimum atomic E-state index is 0.616. The van der Waals surface area contributed by atoms with Crippen molar-refractivity contribution in [2.45, 2.75) is 24.8 Å². The molecule has 0 amide bonds. The van der Waals surface area contributed by atoms with Crippen molar-refractivity contribution in [2.75, 3.05) is 19.3 Å². The number of benzene rings is 2. The molecule has 0 bridgehead atoms. The number of ether oxygens (including phenoxy) is 1. The Bertz CT molecular complexity index is 539. The summed E-state index contributed by atoms with van der Waals surface area (Å²) in [6.07, 6.45) is 3.14. The van der Waals surface area contributed by atoms with E-state index in [1.807, 2.05) is 18.2 Å². The van der Waals surface area contributed by atoms with Gasteiger partial charge in [-0.25, -0.2) is 0 Å². The first-order valence-corrected chi connectivity index (χ1v) is 8.60. The van der Waals surface area contributed by atoms with Crippen LogP contribution >= 0.6 is 11.8 Å². The SMILES string of the molecule is CCNCCc1ccc(COc2ccccc2SC)cc1. The molecule has 0 aromatic heterocycles.